The molecule has 1 N–H and O–H groups in total. The van der Waals surface area contributed by atoms with Crippen molar-refractivity contribution in [2.75, 3.05) is 6.61 Å². The molecule has 0 heterocycles. The molecule has 0 aliphatic rings. The number of carbonyl (C=O) groups excluding carboxylic acids is 1. The molecule has 1 amide bonds. The predicted molar refractivity (Wildman–Crippen MR) is 72.9 cm³/mol. The molecule has 19 heavy (non-hydrogen) atoms. The molecule has 0 aliphatic carbocycles. The molecule has 0 atom stereocenters. The Kier molecular flexibility index (Phi) is 6.77. The topological polar surface area (TPSA) is 74.5 Å². The van der Waals surface area contributed by atoms with Crippen molar-refractivity contribution < 1.29 is 9.53 Å². The van der Waals surface area contributed by atoms with Crippen molar-refractivity contribution in [2.45, 2.75) is 6.42 Å². The fourth-order valence-electron chi connectivity index (χ4n) is 1.12. The minimum absolute atomic E-state index is 0.210. The first-order valence-corrected chi connectivity index (χ1v) is 5.87. The summed E-state index contributed by atoms with van der Waals surface area (Å²) in [6.07, 6.45) is 2.96. The van der Waals surface area contributed by atoms with Gasteiger partial charge in [0.2, 0.25) is 0 Å². The zero-order valence-electron chi connectivity index (χ0n) is 10.0. The SMILES string of the molecule is N#CCC(=O)NN=Cc1ccc(OC/C=C\Cl)cc1. The summed E-state index contributed by atoms with van der Waals surface area (Å²) in [7, 11) is 0. The molecule has 0 saturated carbocycles. The Balaban J connectivity index is 2.45. The van der Waals surface area contributed by atoms with E-state index in [-0.39, 0.29) is 6.42 Å². The maximum atomic E-state index is 10.9. The molecule has 0 aromatic heterocycles. The minimum Gasteiger partial charge on any atom is -0.490 e. The van der Waals surface area contributed by atoms with Gasteiger partial charge in [0.25, 0.3) is 5.91 Å². The maximum absolute atomic E-state index is 10.9. The molecule has 5 nitrogen and oxygen atoms in total. The van der Waals surface area contributed by atoms with E-state index in [2.05, 4.69) is 10.5 Å². The fraction of sp³-hybridized carbons (Fsp3) is 0.154. The Morgan fingerprint density at radius 2 is 2.21 bits per heavy atom. The van der Waals surface area contributed by atoms with E-state index in [4.69, 9.17) is 21.6 Å². The number of hydrogen-bond acceptors (Lipinski definition) is 4. The van der Waals surface area contributed by atoms with Crippen LogP contribution in [-0.2, 0) is 4.79 Å². The molecule has 98 valence electrons. The van der Waals surface area contributed by atoms with E-state index >= 15 is 0 Å². The number of hydrazone groups is 1. The Bertz CT molecular complexity index is 504. The summed E-state index contributed by atoms with van der Waals surface area (Å²) in [4.78, 5) is 10.9. The van der Waals surface area contributed by atoms with Crippen molar-refractivity contribution in [3.8, 4) is 11.8 Å². The second-order valence-electron chi connectivity index (χ2n) is 3.37. The fourth-order valence-corrected chi connectivity index (χ4v) is 1.19. The number of halogens is 1. The predicted octanol–water partition coefficient (Wildman–Crippen LogP) is 2.18. The molecule has 0 radical (unpaired) electrons. The van der Waals surface area contributed by atoms with Crippen LogP contribution in [0.5, 0.6) is 5.75 Å². The van der Waals surface area contributed by atoms with Crippen LogP contribution in [0.4, 0.5) is 0 Å². The molecule has 1 aromatic rings. The van der Waals surface area contributed by atoms with E-state index in [0.717, 1.165) is 5.56 Å². The molecule has 6 heteroatoms. The molecule has 0 unspecified atom stereocenters. The van der Waals surface area contributed by atoms with E-state index < -0.39 is 5.91 Å². The molecule has 1 aromatic carbocycles. The largest absolute Gasteiger partial charge is 0.490 e. The highest BCUT2D eigenvalue weighted by Gasteiger charge is 1.96. The van der Waals surface area contributed by atoms with Gasteiger partial charge < -0.3 is 4.74 Å². The van der Waals surface area contributed by atoms with Gasteiger partial charge in [0, 0.05) is 5.54 Å². The molecule has 0 aliphatic heterocycles. The third-order valence-corrected chi connectivity index (χ3v) is 2.14. The highest BCUT2D eigenvalue weighted by atomic mass is 35.5. The second-order valence-corrected chi connectivity index (χ2v) is 3.62. The lowest BCUT2D eigenvalue weighted by molar-refractivity contribution is -0.120. The summed E-state index contributed by atoms with van der Waals surface area (Å²) in [6.45, 7) is 0.404. The Morgan fingerprint density at radius 3 is 2.84 bits per heavy atom. The lowest BCUT2D eigenvalue weighted by Crippen LogP contribution is -2.16. The molecular weight excluding hydrogens is 266 g/mol. The Labute approximate surface area is 116 Å². The van der Waals surface area contributed by atoms with Crippen LogP contribution in [0.15, 0.2) is 41.0 Å². The Hall–Kier alpha value is -2.32. The van der Waals surface area contributed by atoms with E-state index in [1.165, 1.54) is 11.7 Å². The van der Waals surface area contributed by atoms with E-state index in [0.29, 0.717) is 12.4 Å². The van der Waals surface area contributed by atoms with Crippen LogP contribution in [-0.4, -0.2) is 18.7 Å². The van der Waals surface area contributed by atoms with Crippen LogP contribution in [0.2, 0.25) is 0 Å². The highest BCUT2D eigenvalue weighted by molar-refractivity contribution is 6.25. The van der Waals surface area contributed by atoms with Gasteiger partial charge >= 0.3 is 0 Å². The van der Waals surface area contributed by atoms with Crippen molar-refractivity contribution in [2.24, 2.45) is 5.10 Å². The molecule has 1 rings (SSSR count). The number of benzene rings is 1. The van der Waals surface area contributed by atoms with Crippen LogP contribution in [0.25, 0.3) is 0 Å². The van der Waals surface area contributed by atoms with E-state index in [1.54, 1.807) is 36.4 Å². The van der Waals surface area contributed by atoms with E-state index in [1.807, 2.05) is 0 Å². The zero-order valence-corrected chi connectivity index (χ0v) is 10.8. The first kappa shape index (κ1) is 14.7. The third kappa shape index (κ3) is 6.24. The summed E-state index contributed by atoms with van der Waals surface area (Å²) < 4.78 is 5.35. The normalized spacial score (nSPS) is 10.5. The van der Waals surface area contributed by atoms with Crippen LogP contribution in [0.3, 0.4) is 0 Å². The van der Waals surface area contributed by atoms with Crippen molar-refractivity contribution in [1.82, 2.24) is 5.43 Å². The molecule has 0 bridgehead atoms. The lowest BCUT2D eigenvalue weighted by atomic mass is 10.2. The first-order chi connectivity index (χ1) is 9.26. The van der Waals surface area contributed by atoms with Gasteiger partial charge in [0.15, 0.2) is 0 Å². The van der Waals surface area contributed by atoms with Crippen LogP contribution in [0, 0.1) is 11.3 Å². The highest BCUT2D eigenvalue weighted by Crippen LogP contribution is 2.10. The van der Waals surface area contributed by atoms with Crippen LogP contribution in [0.1, 0.15) is 12.0 Å². The summed E-state index contributed by atoms with van der Waals surface area (Å²) in [6, 6.07) is 8.87. The summed E-state index contributed by atoms with van der Waals surface area (Å²) >= 11 is 5.37. The standard InChI is InChI=1S/C13H12ClN3O2/c14-7-1-9-19-12-4-2-11(3-5-12)10-16-17-13(18)6-8-15/h1-5,7,10H,6,9H2,(H,17,18)/b7-1-,16-10?. The van der Waals surface area contributed by atoms with Crippen LogP contribution >= 0.6 is 11.6 Å². The number of nitrogens with one attached hydrogen (secondary N) is 1. The van der Waals surface area contributed by atoms with Gasteiger partial charge in [-0.1, -0.05) is 11.6 Å². The van der Waals surface area contributed by atoms with Crippen molar-refractivity contribution in [1.29, 1.82) is 5.26 Å². The maximum Gasteiger partial charge on any atom is 0.254 e. The number of rotatable bonds is 6. The van der Waals surface area contributed by atoms with Gasteiger partial charge in [-0.2, -0.15) is 10.4 Å². The van der Waals surface area contributed by atoms with Gasteiger partial charge in [-0.3, -0.25) is 4.79 Å². The number of nitrogens with zero attached hydrogens (tertiary/aromatic N) is 2. The lowest BCUT2D eigenvalue weighted by Gasteiger charge is -2.02. The monoisotopic (exact) mass is 277 g/mol. The van der Waals surface area contributed by atoms with Crippen molar-refractivity contribution in [3.63, 3.8) is 0 Å². The number of amides is 1. The quantitative estimate of drug-likeness (QED) is 0.640. The van der Waals surface area contributed by atoms with Crippen molar-refractivity contribution >= 4 is 23.7 Å². The summed E-state index contributed by atoms with van der Waals surface area (Å²) in [5.74, 6) is 0.270. The van der Waals surface area contributed by atoms with Gasteiger partial charge in [-0.25, -0.2) is 5.43 Å². The van der Waals surface area contributed by atoms with Gasteiger partial charge in [-0.15, -0.1) is 0 Å². The van der Waals surface area contributed by atoms with Gasteiger partial charge in [-0.05, 0) is 35.9 Å². The molecular formula is C13H12ClN3O2. The summed E-state index contributed by atoms with van der Waals surface area (Å²) in [5, 5.41) is 12.0. The minimum atomic E-state index is -0.438. The zero-order chi connectivity index (χ0) is 13.9. The van der Waals surface area contributed by atoms with E-state index in [9.17, 15) is 4.79 Å². The number of hydrogen-bond donors (Lipinski definition) is 1. The molecule has 0 fully saturated rings. The summed E-state index contributed by atoms with van der Waals surface area (Å²) in [5.41, 5.74) is 4.44. The number of carbonyl (C=O) groups is 1. The Morgan fingerprint density at radius 1 is 1.47 bits per heavy atom. The van der Waals surface area contributed by atoms with Gasteiger partial charge in [0.05, 0.1) is 12.3 Å². The average Bonchev–Trinajstić information content (AvgIpc) is 2.41. The third-order valence-electron chi connectivity index (χ3n) is 1.96. The molecule has 0 spiro atoms. The van der Waals surface area contributed by atoms with Gasteiger partial charge in [0.1, 0.15) is 18.8 Å². The first-order valence-electron chi connectivity index (χ1n) is 5.43. The van der Waals surface area contributed by atoms with Crippen molar-refractivity contribution in [3.05, 3.63) is 41.4 Å². The average molecular weight is 278 g/mol. The number of nitriles is 1. The molecule has 0 saturated heterocycles. The smallest absolute Gasteiger partial charge is 0.254 e. The number of ether oxygens (including phenoxy) is 1. The second kappa shape index (κ2) is 8.72. The van der Waals surface area contributed by atoms with Crippen LogP contribution < -0.4 is 10.2 Å².